The van der Waals surface area contributed by atoms with Gasteiger partial charge in [0.05, 0.1) is 11.5 Å². The molecule has 2 rings (SSSR count). The van der Waals surface area contributed by atoms with E-state index in [9.17, 15) is 14.9 Å². The van der Waals surface area contributed by atoms with Crippen molar-refractivity contribution >= 4 is 17.3 Å². The molecule has 0 aliphatic rings. The van der Waals surface area contributed by atoms with Gasteiger partial charge in [0.15, 0.2) is 0 Å². The number of nitro benzene ring substituents is 1. The van der Waals surface area contributed by atoms with Gasteiger partial charge in [-0.15, -0.1) is 0 Å². The molecule has 2 aromatic carbocycles. The maximum absolute atomic E-state index is 12.3. The molecule has 0 unspecified atom stereocenters. The Kier molecular flexibility index (Phi) is 5.88. The molecule has 0 aliphatic heterocycles. The predicted octanol–water partition coefficient (Wildman–Crippen LogP) is 3.84. The number of non-ortho nitro benzene ring substituents is 1. The molecule has 0 aliphatic carbocycles. The molecule has 132 valence electrons. The molecular formula is C19H23N3O3. The number of anilines is 1. The number of nitrogens with zero attached hydrogens (tertiary/aromatic N) is 2. The van der Waals surface area contributed by atoms with Crippen molar-refractivity contribution in [2.24, 2.45) is 0 Å². The highest BCUT2D eigenvalue weighted by Crippen LogP contribution is 2.23. The van der Waals surface area contributed by atoms with Crippen LogP contribution in [-0.4, -0.2) is 29.3 Å². The number of benzene rings is 2. The second kappa shape index (κ2) is 7.90. The molecule has 1 N–H and O–H groups in total. The summed E-state index contributed by atoms with van der Waals surface area (Å²) >= 11 is 0. The van der Waals surface area contributed by atoms with E-state index in [2.05, 4.69) is 5.32 Å². The van der Waals surface area contributed by atoms with Crippen LogP contribution in [0.2, 0.25) is 0 Å². The van der Waals surface area contributed by atoms with Gasteiger partial charge in [-0.25, -0.2) is 0 Å². The van der Waals surface area contributed by atoms with Crippen LogP contribution in [0.3, 0.4) is 0 Å². The lowest BCUT2D eigenvalue weighted by atomic mass is 10.1. The zero-order valence-electron chi connectivity index (χ0n) is 14.9. The SMILES string of the molecule is Cc1cccc(NC(=O)CN(C)[C@H](C)c2cccc([N+](=O)[O-])c2)c1C. The van der Waals surface area contributed by atoms with Crippen molar-refractivity contribution in [3.05, 3.63) is 69.3 Å². The van der Waals surface area contributed by atoms with Gasteiger partial charge in [0.1, 0.15) is 0 Å². The zero-order valence-corrected chi connectivity index (χ0v) is 14.9. The standard InChI is InChI=1S/C19H23N3O3/c1-13-7-5-10-18(14(13)2)20-19(23)12-21(4)15(3)16-8-6-9-17(11-16)22(24)25/h5-11,15H,12H2,1-4H3,(H,20,23)/t15-/m1/s1. The third-order valence-electron chi connectivity index (χ3n) is 4.50. The van der Waals surface area contributed by atoms with Crippen molar-refractivity contribution in [3.63, 3.8) is 0 Å². The number of likely N-dealkylation sites (N-methyl/N-ethyl adjacent to an activating group) is 1. The molecular weight excluding hydrogens is 318 g/mol. The lowest BCUT2D eigenvalue weighted by molar-refractivity contribution is -0.384. The minimum atomic E-state index is -0.413. The number of carbonyl (C=O) groups excluding carboxylic acids is 1. The van der Waals surface area contributed by atoms with Crippen molar-refractivity contribution < 1.29 is 9.72 Å². The molecule has 0 spiro atoms. The first-order valence-corrected chi connectivity index (χ1v) is 8.10. The summed E-state index contributed by atoms with van der Waals surface area (Å²) in [5.41, 5.74) is 3.83. The molecule has 0 aromatic heterocycles. The van der Waals surface area contributed by atoms with Crippen LogP contribution < -0.4 is 5.32 Å². The lowest BCUT2D eigenvalue weighted by Crippen LogP contribution is -2.32. The minimum Gasteiger partial charge on any atom is -0.325 e. The zero-order chi connectivity index (χ0) is 18.6. The van der Waals surface area contributed by atoms with Gasteiger partial charge in [-0.2, -0.15) is 0 Å². The average molecular weight is 341 g/mol. The first-order chi connectivity index (χ1) is 11.8. The quantitative estimate of drug-likeness (QED) is 0.640. The summed E-state index contributed by atoms with van der Waals surface area (Å²) in [6.45, 7) is 6.09. The van der Waals surface area contributed by atoms with Gasteiger partial charge in [-0.05, 0) is 50.6 Å². The van der Waals surface area contributed by atoms with Crippen LogP contribution in [0.15, 0.2) is 42.5 Å². The largest absolute Gasteiger partial charge is 0.325 e. The maximum Gasteiger partial charge on any atom is 0.269 e. The summed E-state index contributed by atoms with van der Waals surface area (Å²) in [7, 11) is 1.83. The van der Waals surface area contributed by atoms with E-state index >= 15 is 0 Å². The van der Waals surface area contributed by atoms with Gasteiger partial charge in [0.25, 0.3) is 5.69 Å². The van der Waals surface area contributed by atoms with Crippen molar-refractivity contribution in [2.75, 3.05) is 18.9 Å². The van der Waals surface area contributed by atoms with E-state index in [1.54, 1.807) is 12.1 Å². The van der Waals surface area contributed by atoms with Crippen molar-refractivity contribution in [1.29, 1.82) is 0 Å². The maximum atomic E-state index is 12.3. The van der Waals surface area contributed by atoms with Crippen molar-refractivity contribution in [3.8, 4) is 0 Å². The van der Waals surface area contributed by atoms with Gasteiger partial charge in [-0.1, -0.05) is 24.3 Å². The van der Waals surface area contributed by atoms with E-state index in [0.29, 0.717) is 0 Å². The van der Waals surface area contributed by atoms with Gasteiger partial charge in [0, 0.05) is 23.9 Å². The molecule has 0 saturated heterocycles. The van der Waals surface area contributed by atoms with Crippen molar-refractivity contribution in [2.45, 2.75) is 26.8 Å². The summed E-state index contributed by atoms with van der Waals surface area (Å²) in [4.78, 5) is 24.7. The summed E-state index contributed by atoms with van der Waals surface area (Å²) in [5.74, 6) is -0.117. The molecule has 0 heterocycles. The fourth-order valence-corrected chi connectivity index (χ4v) is 2.59. The fraction of sp³-hybridized carbons (Fsp3) is 0.316. The van der Waals surface area contributed by atoms with Crippen LogP contribution in [0, 0.1) is 24.0 Å². The van der Waals surface area contributed by atoms with Gasteiger partial charge < -0.3 is 5.32 Å². The Morgan fingerprint density at radius 1 is 1.24 bits per heavy atom. The Balaban J connectivity index is 2.04. The number of aryl methyl sites for hydroxylation is 1. The van der Waals surface area contributed by atoms with E-state index in [1.165, 1.54) is 6.07 Å². The number of hydrogen-bond donors (Lipinski definition) is 1. The number of hydrogen-bond acceptors (Lipinski definition) is 4. The molecule has 1 amide bonds. The smallest absolute Gasteiger partial charge is 0.269 e. The summed E-state index contributed by atoms with van der Waals surface area (Å²) in [6.07, 6.45) is 0. The molecule has 0 radical (unpaired) electrons. The lowest BCUT2D eigenvalue weighted by Gasteiger charge is -2.24. The van der Waals surface area contributed by atoms with Gasteiger partial charge >= 0.3 is 0 Å². The Morgan fingerprint density at radius 2 is 1.92 bits per heavy atom. The van der Waals surface area contributed by atoms with E-state index < -0.39 is 4.92 Å². The normalized spacial score (nSPS) is 12.0. The van der Waals surface area contributed by atoms with E-state index in [0.717, 1.165) is 22.4 Å². The number of amides is 1. The van der Waals surface area contributed by atoms with Crippen LogP contribution in [-0.2, 0) is 4.79 Å². The highest BCUT2D eigenvalue weighted by molar-refractivity contribution is 5.93. The second-order valence-corrected chi connectivity index (χ2v) is 6.24. The molecule has 25 heavy (non-hydrogen) atoms. The van der Waals surface area contributed by atoms with E-state index in [4.69, 9.17) is 0 Å². The van der Waals surface area contributed by atoms with Crippen LogP contribution in [0.5, 0.6) is 0 Å². The molecule has 6 nitrogen and oxygen atoms in total. The first-order valence-electron chi connectivity index (χ1n) is 8.10. The third-order valence-corrected chi connectivity index (χ3v) is 4.50. The Morgan fingerprint density at radius 3 is 2.60 bits per heavy atom. The number of rotatable bonds is 6. The van der Waals surface area contributed by atoms with Crippen LogP contribution in [0.25, 0.3) is 0 Å². The third kappa shape index (κ3) is 4.64. The van der Waals surface area contributed by atoms with E-state index in [-0.39, 0.29) is 24.2 Å². The predicted molar refractivity (Wildman–Crippen MR) is 98.7 cm³/mol. The monoisotopic (exact) mass is 341 g/mol. The summed E-state index contributed by atoms with van der Waals surface area (Å²) in [6, 6.07) is 12.2. The van der Waals surface area contributed by atoms with Gasteiger partial charge in [0.2, 0.25) is 5.91 Å². The number of nitrogens with one attached hydrogen (secondary N) is 1. The van der Waals surface area contributed by atoms with Crippen LogP contribution in [0.4, 0.5) is 11.4 Å². The first kappa shape index (κ1) is 18.6. The Bertz CT molecular complexity index is 789. The van der Waals surface area contributed by atoms with E-state index in [1.807, 2.05) is 57.0 Å². The number of carbonyl (C=O) groups is 1. The fourth-order valence-electron chi connectivity index (χ4n) is 2.59. The second-order valence-electron chi connectivity index (χ2n) is 6.24. The summed E-state index contributed by atoms with van der Waals surface area (Å²) < 4.78 is 0. The molecule has 2 aromatic rings. The van der Waals surface area contributed by atoms with Crippen molar-refractivity contribution in [1.82, 2.24) is 4.90 Å². The topological polar surface area (TPSA) is 75.5 Å². The number of nitro groups is 1. The van der Waals surface area contributed by atoms with Crippen LogP contribution >= 0.6 is 0 Å². The minimum absolute atomic E-state index is 0.0533. The Labute approximate surface area is 147 Å². The molecule has 0 fully saturated rings. The van der Waals surface area contributed by atoms with Crippen LogP contribution in [0.1, 0.15) is 29.7 Å². The molecule has 0 saturated carbocycles. The highest BCUT2D eigenvalue weighted by Gasteiger charge is 2.17. The average Bonchev–Trinajstić information content (AvgIpc) is 2.58. The van der Waals surface area contributed by atoms with Gasteiger partial charge in [-0.3, -0.25) is 19.8 Å². The highest BCUT2D eigenvalue weighted by atomic mass is 16.6. The molecule has 1 atom stereocenters. The molecule has 0 bridgehead atoms. The summed E-state index contributed by atoms with van der Waals surface area (Å²) in [5, 5.41) is 13.8. The Hall–Kier alpha value is -2.73. The molecule has 6 heteroatoms.